The normalized spacial score (nSPS) is 10.3. The second-order valence-corrected chi connectivity index (χ2v) is 4.22. The molecule has 0 amide bonds. The summed E-state index contributed by atoms with van der Waals surface area (Å²) in [6.07, 6.45) is 1.59. The third-order valence-corrected chi connectivity index (χ3v) is 3.06. The summed E-state index contributed by atoms with van der Waals surface area (Å²) < 4.78 is 26.8. The van der Waals surface area contributed by atoms with E-state index in [-0.39, 0.29) is 0 Å². The SMILES string of the molecule is COc1cc(OCc2ccoc2CN)cc(OC)c1OC. The van der Waals surface area contributed by atoms with E-state index in [2.05, 4.69) is 0 Å². The van der Waals surface area contributed by atoms with E-state index in [0.717, 1.165) is 5.56 Å². The van der Waals surface area contributed by atoms with E-state index in [4.69, 9.17) is 29.1 Å². The molecule has 6 heteroatoms. The molecule has 0 fully saturated rings. The minimum Gasteiger partial charge on any atom is -0.493 e. The Labute approximate surface area is 123 Å². The molecule has 0 radical (unpaired) electrons. The van der Waals surface area contributed by atoms with Crippen molar-refractivity contribution in [2.75, 3.05) is 21.3 Å². The molecule has 0 saturated carbocycles. The molecule has 21 heavy (non-hydrogen) atoms. The predicted molar refractivity (Wildman–Crippen MR) is 77.0 cm³/mol. The van der Waals surface area contributed by atoms with Crippen molar-refractivity contribution < 1.29 is 23.4 Å². The van der Waals surface area contributed by atoms with Crippen molar-refractivity contribution in [3.05, 3.63) is 35.8 Å². The summed E-state index contributed by atoms with van der Waals surface area (Å²) in [6, 6.07) is 5.31. The monoisotopic (exact) mass is 293 g/mol. The van der Waals surface area contributed by atoms with E-state index in [0.29, 0.717) is 41.9 Å². The zero-order valence-electron chi connectivity index (χ0n) is 12.3. The van der Waals surface area contributed by atoms with Gasteiger partial charge in [0, 0.05) is 17.7 Å². The smallest absolute Gasteiger partial charge is 0.203 e. The van der Waals surface area contributed by atoms with Crippen LogP contribution in [0.5, 0.6) is 23.0 Å². The van der Waals surface area contributed by atoms with Gasteiger partial charge in [-0.2, -0.15) is 0 Å². The molecule has 2 aromatic rings. The zero-order valence-corrected chi connectivity index (χ0v) is 12.3. The van der Waals surface area contributed by atoms with Gasteiger partial charge >= 0.3 is 0 Å². The molecule has 0 aliphatic carbocycles. The molecule has 2 N–H and O–H groups in total. The minimum atomic E-state index is 0.334. The van der Waals surface area contributed by atoms with E-state index >= 15 is 0 Å². The Balaban J connectivity index is 2.20. The fourth-order valence-electron chi connectivity index (χ4n) is 1.98. The predicted octanol–water partition coefficient (Wildman–Crippen LogP) is 2.34. The van der Waals surface area contributed by atoms with Crippen molar-refractivity contribution >= 4 is 0 Å². The molecule has 0 spiro atoms. The average molecular weight is 293 g/mol. The van der Waals surface area contributed by atoms with Crippen molar-refractivity contribution in [3.63, 3.8) is 0 Å². The molecular weight excluding hydrogens is 274 g/mol. The first-order valence-corrected chi connectivity index (χ1v) is 6.41. The lowest BCUT2D eigenvalue weighted by Crippen LogP contribution is -2.02. The summed E-state index contributed by atoms with van der Waals surface area (Å²) in [5.74, 6) is 2.92. The Bertz CT molecular complexity index is 568. The van der Waals surface area contributed by atoms with Crippen LogP contribution in [0.2, 0.25) is 0 Å². The van der Waals surface area contributed by atoms with Gasteiger partial charge in [-0.15, -0.1) is 0 Å². The molecule has 0 saturated heterocycles. The highest BCUT2D eigenvalue weighted by atomic mass is 16.5. The van der Waals surface area contributed by atoms with Gasteiger partial charge in [0.25, 0.3) is 0 Å². The fourth-order valence-corrected chi connectivity index (χ4v) is 1.98. The third-order valence-electron chi connectivity index (χ3n) is 3.06. The van der Waals surface area contributed by atoms with E-state index < -0.39 is 0 Å². The molecule has 0 bridgehead atoms. The third kappa shape index (κ3) is 3.22. The second-order valence-electron chi connectivity index (χ2n) is 4.22. The van der Waals surface area contributed by atoms with Crippen LogP contribution in [0.1, 0.15) is 11.3 Å². The summed E-state index contributed by atoms with van der Waals surface area (Å²) in [5.41, 5.74) is 6.50. The van der Waals surface area contributed by atoms with Crippen LogP contribution >= 0.6 is 0 Å². The molecule has 114 valence electrons. The first-order chi connectivity index (χ1) is 10.2. The first-order valence-electron chi connectivity index (χ1n) is 6.41. The van der Waals surface area contributed by atoms with Gasteiger partial charge in [-0.3, -0.25) is 0 Å². The average Bonchev–Trinajstić information content (AvgIpc) is 2.99. The summed E-state index contributed by atoms with van der Waals surface area (Å²) in [6.45, 7) is 0.683. The van der Waals surface area contributed by atoms with Crippen molar-refractivity contribution in [1.29, 1.82) is 0 Å². The van der Waals surface area contributed by atoms with Crippen LogP contribution < -0.4 is 24.7 Å². The van der Waals surface area contributed by atoms with Crippen molar-refractivity contribution in [3.8, 4) is 23.0 Å². The lowest BCUT2D eigenvalue weighted by atomic mass is 10.2. The molecular formula is C15H19NO5. The number of hydrogen-bond donors (Lipinski definition) is 1. The highest BCUT2D eigenvalue weighted by Crippen LogP contribution is 2.40. The van der Waals surface area contributed by atoms with Gasteiger partial charge in [0.2, 0.25) is 5.75 Å². The van der Waals surface area contributed by atoms with Gasteiger partial charge in [0.1, 0.15) is 18.1 Å². The molecule has 0 unspecified atom stereocenters. The van der Waals surface area contributed by atoms with Gasteiger partial charge in [-0.05, 0) is 6.07 Å². The quantitative estimate of drug-likeness (QED) is 0.844. The number of benzene rings is 1. The lowest BCUT2D eigenvalue weighted by Gasteiger charge is -2.14. The number of hydrogen-bond acceptors (Lipinski definition) is 6. The largest absolute Gasteiger partial charge is 0.493 e. The first kappa shape index (κ1) is 15.1. The highest BCUT2D eigenvalue weighted by Gasteiger charge is 2.14. The molecule has 1 aromatic heterocycles. The van der Waals surface area contributed by atoms with Gasteiger partial charge in [0.05, 0.1) is 34.1 Å². The Morgan fingerprint density at radius 1 is 1.05 bits per heavy atom. The molecule has 1 aromatic carbocycles. The molecule has 1 heterocycles. The maximum atomic E-state index is 5.75. The fraction of sp³-hybridized carbons (Fsp3) is 0.333. The van der Waals surface area contributed by atoms with Gasteiger partial charge in [0.15, 0.2) is 11.5 Å². The summed E-state index contributed by atoms with van der Waals surface area (Å²) in [4.78, 5) is 0. The van der Waals surface area contributed by atoms with Crippen LogP contribution in [0.15, 0.2) is 28.9 Å². The number of ether oxygens (including phenoxy) is 4. The maximum absolute atomic E-state index is 5.75. The summed E-state index contributed by atoms with van der Waals surface area (Å²) >= 11 is 0. The molecule has 2 rings (SSSR count). The Morgan fingerprint density at radius 3 is 2.24 bits per heavy atom. The van der Waals surface area contributed by atoms with E-state index in [1.54, 1.807) is 39.7 Å². The second kappa shape index (κ2) is 6.90. The topological polar surface area (TPSA) is 76.1 Å². The Morgan fingerprint density at radius 2 is 1.71 bits per heavy atom. The zero-order chi connectivity index (χ0) is 15.2. The van der Waals surface area contributed by atoms with Crippen molar-refractivity contribution in [2.24, 2.45) is 5.73 Å². The van der Waals surface area contributed by atoms with E-state index in [1.807, 2.05) is 6.07 Å². The molecule has 6 nitrogen and oxygen atoms in total. The van der Waals surface area contributed by atoms with Crippen molar-refractivity contribution in [2.45, 2.75) is 13.2 Å². The Kier molecular flexibility index (Phi) is 4.94. The van der Waals surface area contributed by atoms with Gasteiger partial charge in [-0.1, -0.05) is 0 Å². The van der Waals surface area contributed by atoms with Crippen LogP contribution in [0, 0.1) is 0 Å². The molecule has 0 atom stereocenters. The highest BCUT2D eigenvalue weighted by molar-refractivity contribution is 5.55. The lowest BCUT2D eigenvalue weighted by molar-refractivity contribution is 0.288. The summed E-state index contributed by atoms with van der Waals surface area (Å²) in [5, 5.41) is 0. The number of rotatable bonds is 7. The molecule has 0 aliphatic heterocycles. The van der Waals surface area contributed by atoms with Crippen molar-refractivity contribution in [1.82, 2.24) is 0 Å². The molecule has 0 aliphatic rings. The van der Waals surface area contributed by atoms with Crippen LogP contribution in [-0.4, -0.2) is 21.3 Å². The van der Waals surface area contributed by atoms with E-state index in [9.17, 15) is 0 Å². The van der Waals surface area contributed by atoms with Gasteiger partial charge in [-0.25, -0.2) is 0 Å². The summed E-state index contributed by atoms with van der Waals surface area (Å²) in [7, 11) is 4.67. The maximum Gasteiger partial charge on any atom is 0.203 e. The van der Waals surface area contributed by atoms with E-state index in [1.165, 1.54) is 0 Å². The Hall–Kier alpha value is -2.34. The van der Waals surface area contributed by atoms with Crippen LogP contribution in [0.3, 0.4) is 0 Å². The number of methoxy groups -OCH3 is 3. The minimum absolute atomic E-state index is 0.334. The van der Waals surface area contributed by atoms with Crippen LogP contribution in [0.25, 0.3) is 0 Å². The number of furan rings is 1. The van der Waals surface area contributed by atoms with Gasteiger partial charge < -0.3 is 29.1 Å². The standard InChI is InChI=1S/C15H19NO5/c1-17-12-6-11(7-13(18-2)15(12)19-3)21-9-10-4-5-20-14(10)8-16/h4-7H,8-9,16H2,1-3H3. The number of nitrogens with two attached hydrogens (primary N) is 1. The van der Waals surface area contributed by atoms with Crippen LogP contribution in [0.4, 0.5) is 0 Å². The van der Waals surface area contributed by atoms with Crippen LogP contribution in [-0.2, 0) is 13.2 Å².